The minimum absolute atomic E-state index is 0.187. The van der Waals surface area contributed by atoms with E-state index in [1.54, 1.807) is 0 Å². The van der Waals surface area contributed by atoms with E-state index in [4.69, 9.17) is 15.2 Å². The van der Waals surface area contributed by atoms with E-state index in [9.17, 15) is 4.79 Å². The number of nitrogens with two attached hydrogens (primary N) is 1. The van der Waals surface area contributed by atoms with Crippen LogP contribution in [0.1, 0.15) is 12.0 Å². The van der Waals surface area contributed by atoms with Gasteiger partial charge in [-0.2, -0.15) is 0 Å². The fourth-order valence-corrected chi connectivity index (χ4v) is 1.78. The van der Waals surface area contributed by atoms with Crippen LogP contribution in [-0.2, 0) is 20.9 Å². The number of hydrogen-bond acceptors (Lipinski definition) is 4. The van der Waals surface area contributed by atoms with Crippen LogP contribution in [0.4, 0.5) is 0 Å². The Labute approximate surface area is 101 Å². The monoisotopic (exact) mass is 235 g/mol. The lowest BCUT2D eigenvalue weighted by Gasteiger charge is -2.39. The van der Waals surface area contributed by atoms with Crippen LogP contribution in [-0.4, -0.2) is 25.7 Å². The molecular weight excluding hydrogens is 218 g/mol. The summed E-state index contributed by atoms with van der Waals surface area (Å²) in [6, 6.07) is 9.63. The second-order valence-corrected chi connectivity index (χ2v) is 4.52. The van der Waals surface area contributed by atoms with Gasteiger partial charge in [-0.3, -0.25) is 4.79 Å². The summed E-state index contributed by atoms with van der Waals surface area (Å²) in [5, 5.41) is 0. The van der Waals surface area contributed by atoms with Crippen molar-refractivity contribution in [2.45, 2.75) is 13.0 Å². The van der Waals surface area contributed by atoms with Crippen molar-refractivity contribution in [1.29, 1.82) is 0 Å². The maximum Gasteiger partial charge on any atom is 0.306 e. The van der Waals surface area contributed by atoms with Crippen molar-refractivity contribution in [1.82, 2.24) is 0 Å². The number of rotatable bonds is 5. The smallest absolute Gasteiger partial charge is 0.306 e. The van der Waals surface area contributed by atoms with Gasteiger partial charge in [0.15, 0.2) is 0 Å². The summed E-state index contributed by atoms with van der Waals surface area (Å²) in [4.78, 5) is 11.7. The first-order valence-corrected chi connectivity index (χ1v) is 5.71. The van der Waals surface area contributed by atoms with Gasteiger partial charge in [0.1, 0.15) is 6.61 Å². The van der Waals surface area contributed by atoms with E-state index in [0.717, 1.165) is 5.56 Å². The number of carbonyl (C=O) groups is 1. The van der Waals surface area contributed by atoms with Crippen molar-refractivity contribution in [2.24, 2.45) is 11.1 Å². The highest BCUT2D eigenvalue weighted by Gasteiger charge is 2.39. The zero-order valence-electron chi connectivity index (χ0n) is 9.72. The Morgan fingerprint density at radius 1 is 1.35 bits per heavy atom. The Balaban J connectivity index is 1.78. The van der Waals surface area contributed by atoms with Gasteiger partial charge < -0.3 is 15.2 Å². The molecule has 0 atom stereocenters. The molecule has 0 bridgehead atoms. The summed E-state index contributed by atoms with van der Waals surface area (Å²) in [6.45, 7) is 1.91. The van der Waals surface area contributed by atoms with Gasteiger partial charge in [-0.05, 0) is 5.56 Å². The van der Waals surface area contributed by atoms with Crippen LogP contribution in [0.3, 0.4) is 0 Å². The van der Waals surface area contributed by atoms with Crippen LogP contribution in [0.15, 0.2) is 30.3 Å². The molecule has 0 saturated carbocycles. The highest BCUT2D eigenvalue weighted by atomic mass is 16.5. The third-order valence-electron chi connectivity index (χ3n) is 3.01. The van der Waals surface area contributed by atoms with E-state index in [2.05, 4.69) is 0 Å². The molecule has 1 heterocycles. The van der Waals surface area contributed by atoms with Crippen molar-refractivity contribution in [3.63, 3.8) is 0 Å². The molecule has 0 amide bonds. The quantitative estimate of drug-likeness (QED) is 0.776. The zero-order chi connectivity index (χ0) is 12.1. The normalized spacial score (nSPS) is 17.2. The molecule has 0 aliphatic carbocycles. The van der Waals surface area contributed by atoms with E-state index in [-0.39, 0.29) is 11.4 Å². The molecule has 0 unspecified atom stereocenters. The summed E-state index contributed by atoms with van der Waals surface area (Å²) in [6.07, 6.45) is 0.344. The fourth-order valence-electron chi connectivity index (χ4n) is 1.78. The minimum Gasteiger partial charge on any atom is -0.461 e. The zero-order valence-corrected chi connectivity index (χ0v) is 9.72. The van der Waals surface area contributed by atoms with Crippen LogP contribution in [0.5, 0.6) is 0 Å². The predicted molar refractivity (Wildman–Crippen MR) is 63.2 cm³/mol. The Hall–Kier alpha value is -1.39. The van der Waals surface area contributed by atoms with Gasteiger partial charge in [0.2, 0.25) is 0 Å². The molecule has 0 aromatic heterocycles. The molecule has 4 nitrogen and oxygen atoms in total. The molecule has 92 valence electrons. The molecule has 4 heteroatoms. The first-order chi connectivity index (χ1) is 8.24. The summed E-state index contributed by atoms with van der Waals surface area (Å²) in [5.74, 6) is -0.206. The van der Waals surface area contributed by atoms with Crippen molar-refractivity contribution < 1.29 is 14.3 Å². The Morgan fingerprint density at radius 3 is 2.59 bits per heavy atom. The lowest BCUT2D eigenvalue weighted by molar-refractivity contribution is -0.161. The molecule has 1 fully saturated rings. The largest absolute Gasteiger partial charge is 0.461 e. The molecule has 0 spiro atoms. The Bertz CT molecular complexity index is 368. The number of ether oxygens (including phenoxy) is 2. The average molecular weight is 235 g/mol. The summed E-state index contributed by atoms with van der Waals surface area (Å²) in [5.41, 5.74) is 6.44. The molecular formula is C13H17NO3. The van der Waals surface area contributed by atoms with E-state index < -0.39 is 0 Å². The Morgan fingerprint density at radius 2 is 2.06 bits per heavy atom. The Kier molecular flexibility index (Phi) is 3.76. The van der Waals surface area contributed by atoms with E-state index in [1.165, 1.54) is 0 Å². The van der Waals surface area contributed by atoms with Crippen molar-refractivity contribution in [3.05, 3.63) is 35.9 Å². The predicted octanol–water partition coefficient (Wildman–Crippen LogP) is 1.10. The van der Waals surface area contributed by atoms with Crippen molar-refractivity contribution in [2.75, 3.05) is 19.8 Å². The second-order valence-electron chi connectivity index (χ2n) is 4.52. The second kappa shape index (κ2) is 5.29. The molecule has 2 N–H and O–H groups in total. The molecule has 2 rings (SSSR count). The van der Waals surface area contributed by atoms with Gasteiger partial charge in [0.05, 0.1) is 19.6 Å². The molecule has 1 aliphatic heterocycles. The van der Waals surface area contributed by atoms with Crippen LogP contribution in [0, 0.1) is 5.41 Å². The van der Waals surface area contributed by atoms with Gasteiger partial charge in [-0.15, -0.1) is 0 Å². The van der Waals surface area contributed by atoms with Gasteiger partial charge in [-0.1, -0.05) is 30.3 Å². The number of esters is 1. The van der Waals surface area contributed by atoms with Crippen LogP contribution < -0.4 is 5.73 Å². The first kappa shape index (κ1) is 12.1. The van der Waals surface area contributed by atoms with Crippen LogP contribution in [0.25, 0.3) is 0 Å². The maximum absolute atomic E-state index is 11.7. The molecule has 1 saturated heterocycles. The van der Waals surface area contributed by atoms with E-state index in [1.807, 2.05) is 30.3 Å². The van der Waals surface area contributed by atoms with Crippen LogP contribution >= 0.6 is 0 Å². The van der Waals surface area contributed by atoms with E-state index >= 15 is 0 Å². The number of carbonyl (C=O) groups excluding carboxylic acids is 1. The summed E-state index contributed by atoms with van der Waals surface area (Å²) in [7, 11) is 0. The summed E-state index contributed by atoms with van der Waals surface area (Å²) < 4.78 is 10.3. The number of benzene rings is 1. The molecule has 1 aliphatic rings. The molecule has 17 heavy (non-hydrogen) atoms. The third kappa shape index (κ3) is 3.05. The van der Waals surface area contributed by atoms with Gasteiger partial charge >= 0.3 is 5.97 Å². The van der Waals surface area contributed by atoms with Gasteiger partial charge in [0.25, 0.3) is 0 Å². The third-order valence-corrected chi connectivity index (χ3v) is 3.01. The highest BCUT2D eigenvalue weighted by Crippen LogP contribution is 2.30. The first-order valence-electron chi connectivity index (χ1n) is 5.71. The summed E-state index contributed by atoms with van der Waals surface area (Å²) >= 11 is 0. The standard InChI is InChI=1S/C13H17NO3/c14-8-13(9-16-10-13)6-12(15)17-7-11-4-2-1-3-5-11/h1-5H,6-10,14H2. The maximum atomic E-state index is 11.7. The van der Waals surface area contributed by atoms with Gasteiger partial charge in [-0.25, -0.2) is 0 Å². The minimum atomic E-state index is -0.206. The molecule has 1 aromatic rings. The SMILES string of the molecule is NCC1(CC(=O)OCc2ccccc2)COC1. The van der Waals surface area contributed by atoms with Gasteiger partial charge in [0, 0.05) is 12.0 Å². The highest BCUT2D eigenvalue weighted by molar-refractivity contribution is 5.70. The molecule has 1 aromatic carbocycles. The van der Waals surface area contributed by atoms with Crippen LogP contribution in [0.2, 0.25) is 0 Å². The fraction of sp³-hybridized carbons (Fsp3) is 0.462. The lowest BCUT2D eigenvalue weighted by atomic mass is 9.83. The number of hydrogen-bond donors (Lipinski definition) is 1. The van der Waals surface area contributed by atoms with Crippen molar-refractivity contribution >= 4 is 5.97 Å². The molecule has 0 radical (unpaired) electrons. The topological polar surface area (TPSA) is 61.6 Å². The van der Waals surface area contributed by atoms with E-state index in [0.29, 0.717) is 32.8 Å². The van der Waals surface area contributed by atoms with Crippen molar-refractivity contribution in [3.8, 4) is 0 Å². The lowest BCUT2D eigenvalue weighted by Crippen LogP contribution is -2.49. The average Bonchev–Trinajstić information content (AvgIpc) is 2.33.